The highest BCUT2D eigenvalue weighted by molar-refractivity contribution is 7.15. The number of nitrogens with one attached hydrogen (secondary N) is 1. The Labute approximate surface area is 157 Å². The number of thiazole rings is 1. The first-order valence-electron chi connectivity index (χ1n) is 8.43. The van der Waals surface area contributed by atoms with Gasteiger partial charge >= 0.3 is 5.69 Å². The molecule has 142 valence electrons. The Hall–Kier alpha value is -2.79. The van der Waals surface area contributed by atoms with E-state index in [1.54, 1.807) is 7.05 Å². The van der Waals surface area contributed by atoms with Crippen LogP contribution in [0, 0.1) is 0 Å². The molecule has 4 rings (SSSR count). The first-order valence-corrected chi connectivity index (χ1v) is 9.24. The Balaban J connectivity index is 1.59. The van der Waals surface area contributed by atoms with E-state index in [0.717, 1.165) is 34.6 Å². The van der Waals surface area contributed by atoms with E-state index in [4.69, 9.17) is 0 Å². The summed E-state index contributed by atoms with van der Waals surface area (Å²) in [5.74, 6) is -0.301. The molecule has 11 heteroatoms. The molecule has 0 unspecified atom stereocenters. The van der Waals surface area contributed by atoms with Crippen LogP contribution in [0.15, 0.2) is 15.9 Å². The fourth-order valence-corrected chi connectivity index (χ4v) is 4.31. The molecule has 0 saturated carbocycles. The summed E-state index contributed by atoms with van der Waals surface area (Å²) in [4.78, 5) is 48.9. The van der Waals surface area contributed by atoms with Crippen molar-refractivity contribution in [1.29, 1.82) is 0 Å². The summed E-state index contributed by atoms with van der Waals surface area (Å²) in [7, 11) is 5.00. The SMILES string of the molecule is CN1CCc2nc(NC(=O)Cn3cnc4c3c(=O)n(C)c(=O)n4C)sc2C1. The molecule has 1 aliphatic heterocycles. The average molecular weight is 389 g/mol. The normalized spacial score (nSPS) is 14.5. The van der Waals surface area contributed by atoms with Gasteiger partial charge in [-0.25, -0.2) is 14.8 Å². The van der Waals surface area contributed by atoms with Gasteiger partial charge in [0.2, 0.25) is 5.91 Å². The smallest absolute Gasteiger partial charge is 0.315 e. The summed E-state index contributed by atoms with van der Waals surface area (Å²) in [6.07, 6.45) is 2.27. The predicted octanol–water partition coefficient (Wildman–Crippen LogP) is -0.483. The van der Waals surface area contributed by atoms with Gasteiger partial charge < -0.3 is 14.8 Å². The van der Waals surface area contributed by atoms with Crippen molar-refractivity contribution in [2.24, 2.45) is 14.1 Å². The second-order valence-corrected chi connectivity index (χ2v) is 7.76. The van der Waals surface area contributed by atoms with Gasteiger partial charge in [-0.1, -0.05) is 0 Å². The van der Waals surface area contributed by atoms with E-state index < -0.39 is 11.2 Å². The number of amides is 1. The van der Waals surface area contributed by atoms with E-state index >= 15 is 0 Å². The van der Waals surface area contributed by atoms with Crippen LogP contribution in [0.1, 0.15) is 10.6 Å². The summed E-state index contributed by atoms with van der Waals surface area (Å²) < 4.78 is 3.74. The molecule has 4 heterocycles. The molecule has 0 bridgehead atoms. The number of carbonyl (C=O) groups is 1. The number of aromatic nitrogens is 5. The number of nitrogens with zero attached hydrogens (tertiary/aromatic N) is 6. The summed E-state index contributed by atoms with van der Waals surface area (Å²) in [5.41, 5.74) is 0.565. The number of likely N-dealkylation sites (N-methyl/N-ethyl adjacent to an activating group) is 1. The van der Waals surface area contributed by atoms with Crippen molar-refractivity contribution in [3.63, 3.8) is 0 Å². The minimum absolute atomic E-state index is 0.0892. The third-order valence-corrected chi connectivity index (χ3v) is 5.70. The number of fused-ring (bicyclic) bond motifs is 2. The quantitative estimate of drug-likeness (QED) is 0.648. The zero-order valence-electron chi connectivity index (χ0n) is 15.2. The topological polar surface area (TPSA) is 107 Å². The van der Waals surface area contributed by atoms with Crippen LogP contribution in [0.5, 0.6) is 0 Å². The molecule has 0 atom stereocenters. The number of aryl methyl sites for hydroxylation is 1. The van der Waals surface area contributed by atoms with Crippen molar-refractivity contribution >= 4 is 33.5 Å². The summed E-state index contributed by atoms with van der Waals surface area (Å²) in [5, 5.41) is 3.36. The van der Waals surface area contributed by atoms with E-state index in [1.807, 2.05) is 0 Å². The first-order chi connectivity index (χ1) is 12.8. The minimum atomic E-state index is -0.480. The van der Waals surface area contributed by atoms with Gasteiger partial charge in [-0.05, 0) is 7.05 Å². The number of anilines is 1. The van der Waals surface area contributed by atoms with E-state index in [-0.39, 0.29) is 23.6 Å². The third-order valence-electron chi connectivity index (χ3n) is 4.70. The molecule has 3 aromatic rings. The predicted molar refractivity (Wildman–Crippen MR) is 101 cm³/mol. The van der Waals surface area contributed by atoms with Gasteiger partial charge in [0.1, 0.15) is 6.54 Å². The highest BCUT2D eigenvalue weighted by atomic mass is 32.1. The second-order valence-electron chi connectivity index (χ2n) is 6.68. The number of imidazole rings is 1. The Kier molecular flexibility index (Phi) is 4.19. The lowest BCUT2D eigenvalue weighted by molar-refractivity contribution is -0.116. The van der Waals surface area contributed by atoms with E-state index in [1.165, 1.54) is 33.8 Å². The summed E-state index contributed by atoms with van der Waals surface area (Å²) >= 11 is 1.47. The van der Waals surface area contributed by atoms with Crippen LogP contribution in [-0.4, -0.2) is 48.1 Å². The fraction of sp³-hybridized carbons (Fsp3) is 0.438. The van der Waals surface area contributed by atoms with Gasteiger partial charge in [0.15, 0.2) is 16.3 Å². The lowest BCUT2D eigenvalue weighted by Gasteiger charge is -2.20. The monoisotopic (exact) mass is 389 g/mol. The Bertz CT molecular complexity index is 1170. The van der Waals surface area contributed by atoms with E-state index in [9.17, 15) is 14.4 Å². The highest BCUT2D eigenvalue weighted by Crippen LogP contribution is 2.27. The van der Waals surface area contributed by atoms with Crippen molar-refractivity contribution in [1.82, 2.24) is 28.6 Å². The molecule has 0 spiro atoms. The molecule has 0 aliphatic carbocycles. The maximum atomic E-state index is 12.5. The van der Waals surface area contributed by atoms with E-state index in [2.05, 4.69) is 27.2 Å². The summed E-state index contributed by atoms with van der Waals surface area (Å²) in [6.45, 7) is 1.69. The standard InChI is InChI=1S/C16H19N7O3S/c1-20-5-4-9-10(6-20)27-15(18-9)19-11(24)7-23-8-17-13-12(23)14(25)22(3)16(26)21(13)2/h8H,4-7H2,1-3H3,(H,18,19,24). The van der Waals surface area contributed by atoms with Crippen LogP contribution in [0.2, 0.25) is 0 Å². The van der Waals surface area contributed by atoms with Crippen molar-refractivity contribution < 1.29 is 4.79 Å². The van der Waals surface area contributed by atoms with Crippen LogP contribution >= 0.6 is 11.3 Å². The van der Waals surface area contributed by atoms with Crippen LogP contribution in [-0.2, 0) is 38.4 Å². The zero-order valence-corrected chi connectivity index (χ0v) is 16.0. The first kappa shape index (κ1) is 17.6. The Morgan fingerprint density at radius 2 is 2.04 bits per heavy atom. The highest BCUT2D eigenvalue weighted by Gasteiger charge is 2.20. The fourth-order valence-electron chi connectivity index (χ4n) is 3.21. The summed E-state index contributed by atoms with van der Waals surface area (Å²) in [6, 6.07) is 0. The van der Waals surface area contributed by atoms with Crippen LogP contribution < -0.4 is 16.6 Å². The average Bonchev–Trinajstić information content (AvgIpc) is 3.21. The second kappa shape index (κ2) is 6.43. The van der Waals surface area contributed by atoms with Gasteiger partial charge in [-0.2, -0.15) is 0 Å². The number of hydrogen-bond donors (Lipinski definition) is 1. The van der Waals surface area contributed by atoms with Gasteiger partial charge in [-0.15, -0.1) is 11.3 Å². The lowest BCUT2D eigenvalue weighted by atomic mass is 10.2. The van der Waals surface area contributed by atoms with Gasteiger partial charge in [0.05, 0.1) is 12.0 Å². The molecule has 0 saturated heterocycles. The molecule has 0 fully saturated rings. The van der Waals surface area contributed by atoms with E-state index in [0.29, 0.717) is 5.13 Å². The van der Waals surface area contributed by atoms with Gasteiger partial charge in [0, 0.05) is 38.5 Å². The largest absolute Gasteiger partial charge is 0.332 e. The molecule has 27 heavy (non-hydrogen) atoms. The molecular formula is C16H19N7O3S. The van der Waals surface area contributed by atoms with Gasteiger partial charge in [0.25, 0.3) is 5.56 Å². The maximum absolute atomic E-state index is 12.5. The minimum Gasteiger partial charge on any atom is -0.315 e. The molecule has 10 nitrogen and oxygen atoms in total. The van der Waals surface area contributed by atoms with Crippen LogP contribution in [0.3, 0.4) is 0 Å². The van der Waals surface area contributed by atoms with Crippen LogP contribution in [0.25, 0.3) is 11.2 Å². The lowest BCUT2D eigenvalue weighted by Crippen LogP contribution is -2.37. The molecule has 1 amide bonds. The molecule has 0 aromatic carbocycles. The van der Waals surface area contributed by atoms with Gasteiger partial charge in [-0.3, -0.25) is 18.7 Å². The van der Waals surface area contributed by atoms with Crippen molar-refractivity contribution in [3.8, 4) is 0 Å². The molecule has 1 N–H and O–H groups in total. The van der Waals surface area contributed by atoms with Crippen molar-refractivity contribution in [2.45, 2.75) is 19.5 Å². The Morgan fingerprint density at radius 3 is 2.81 bits per heavy atom. The Morgan fingerprint density at radius 1 is 1.26 bits per heavy atom. The third kappa shape index (κ3) is 2.98. The molecule has 1 aliphatic rings. The van der Waals surface area contributed by atoms with Crippen molar-refractivity contribution in [3.05, 3.63) is 37.7 Å². The molecule has 0 radical (unpaired) electrons. The molecule has 3 aromatic heterocycles. The number of hydrogen-bond acceptors (Lipinski definition) is 7. The molecular weight excluding hydrogens is 370 g/mol. The maximum Gasteiger partial charge on any atom is 0.332 e. The van der Waals surface area contributed by atoms with Crippen molar-refractivity contribution in [2.75, 3.05) is 18.9 Å². The van der Waals surface area contributed by atoms with Crippen LogP contribution in [0.4, 0.5) is 5.13 Å². The number of rotatable bonds is 3. The number of carbonyl (C=O) groups excluding carboxylic acids is 1. The zero-order chi connectivity index (χ0) is 19.3.